The Morgan fingerprint density at radius 1 is 1.35 bits per heavy atom. The number of nitrogens with zero attached hydrogens (tertiary/aromatic N) is 2. The Morgan fingerprint density at radius 2 is 1.94 bits per heavy atom. The van der Waals surface area contributed by atoms with Gasteiger partial charge in [0.05, 0.1) is 12.2 Å². The van der Waals surface area contributed by atoms with Gasteiger partial charge in [-0.25, -0.2) is 13.5 Å². The second-order valence-electron chi connectivity index (χ2n) is 3.64. The second-order valence-corrected chi connectivity index (χ2v) is 4.02. The van der Waals surface area contributed by atoms with Crippen molar-refractivity contribution in [1.29, 1.82) is 0 Å². The third-order valence-electron chi connectivity index (χ3n) is 2.46. The highest BCUT2D eigenvalue weighted by Crippen LogP contribution is 2.24. The van der Waals surface area contributed by atoms with Crippen molar-refractivity contribution in [2.24, 2.45) is 0 Å². The predicted molar refractivity (Wildman–Crippen MR) is 61.8 cm³/mol. The van der Waals surface area contributed by atoms with Crippen molar-refractivity contribution in [2.75, 3.05) is 5.73 Å². The summed E-state index contributed by atoms with van der Waals surface area (Å²) in [5.41, 5.74) is 6.12. The maximum absolute atomic E-state index is 13.4. The van der Waals surface area contributed by atoms with Crippen molar-refractivity contribution >= 4 is 17.4 Å². The fourth-order valence-electron chi connectivity index (χ4n) is 1.53. The average Bonchev–Trinajstić information content (AvgIpc) is 2.52. The molecule has 0 aliphatic heterocycles. The zero-order valence-corrected chi connectivity index (χ0v) is 9.80. The van der Waals surface area contributed by atoms with E-state index in [2.05, 4.69) is 5.10 Å². The molecule has 1 heterocycles. The Kier molecular flexibility index (Phi) is 3.02. The van der Waals surface area contributed by atoms with Crippen molar-refractivity contribution in [3.63, 3.8) is 0 Å². The van der Waals surface area contributed by atoms with E-state index in [0.29, 0.717) is 10.7 Å². The Balaban J connectivity index is 2.41. The number of aryl methyl sites for hydroxylation is 1. The average molecular weight is 258 g/mol. The van der Waals surface area contributed by atoms with Gasteiger partial charge in [-0.15, -0.1) is 0 Å². The minimum absolute atomic E-state index is 0.0848. The molecule has 0 bridgehead atoms. The van der Waals surface area contributed by atoms with Gasteiger partial charge in [-0.05, 0) is 19.1 Å². The summed E-state index contributed by atoms with van der Waals surface area (Å²) in [5, 5.41) is 4.32. The van der Waals surface area contributed by atoms with Gasteiger partial charge in [-0.3, -0.25) is 0 Å². The normalized spacial score (nSPS) is 10.8. The van der Waals surface area contributed by atoms with Crippen LogP contribution in [0.2, 0.25) is 5.02 Å². The first-order valence-electron chi connectivity index (χ1n) is 4.92. The van der Waals surface area contributed by atoms with Crippen LogP contribution in [0.3, 0.4) is 0 Å². The number of hydrogen-bond acceptors (Lipinski definition) is 2. The van der Waals surface area contributed by atoms with E-state index in [1.165, 1.54) is 22.9 Å². The Labute approximate surface area is 102 Å². The van der Waals surface area contributed by atoms with Gasteiger partial charge in [0.15, 0.2) is 0 Å². The summed E-state index contributed by atoms with van der Waals surface area (Å²) in [4.78, 5) is 0. The lowest BCUT2D eigenvalue weighted by Gasteiger charge is -2.06. The molecule has 0 aliphatic carbocycles. The fourth-order valence-corrected chi connectivity index (χ4v) is 1.67. The molecule has 0 saturated heterocycles. The van der Waals surface area contributed by atoms with Crippen LogP contribution in [-0.4, -0.2) is 9.78 Å². The summed E-state index contributed by atoms with van der Waals surface area (Å²) in [7, 11) is 0. The summed E-state index contributed by atoms with van der Waals surface area (Å²) in [5.74, 6) is -1.06. The molecule has 0 aliphatic rings. The Bertz CT molecular complexity index is 546. The summed E-state index contributed by atoms with van der Waals surface area (Å²) < 4.78 is 28.1. The lowest BCUT2D eigenvalue weighted by Crippen LogP contribution is -2.09. The molecule has 90 valence electrons. The highest BCUT2D eigenvalue weighted by molar-refractivity contribution is 6.33. The van der Waals surface area contributed by atoms with Crippen LogP contribution in [0.4, 0.5) is 14.6 Å². The quantitative estimate of drug-likeness (QED) is 0.899. The molecule has 0 atom stereocenters. The van der Waals surface area contributed by atoms with Gasteiger partial charge in [0.25, 0.3) is 0 Å². The lowest BCUT2D eigenvalue weighted by molar-refractivity contribution is 0.534. The molecule has 1 aromatic heterocycles. The van der Waals surface area contributed by atoms with Crippen molar-refractivity contribution < 1.29 is 8.78 Å². The SMILES string of the molecule is Cc1nn(Cc2c(F)cccc2F)c(N)c1Cl. The molecule has 2 rings (SSSR count). The van der Waals surface area contributed by atoms with Crippen molar-refractivity contribution in [3.8, 4) is 0 Å². The molecule has 6 heteroatoms. The van der Waals surface area contributed by atoms with Crippen molar-refractivity contribution in [3.05, 3.63) is 46.1 Å². The second kappa shape index (κ2) is 4.33. The lowest BCUT2D eigenvalue weighted by atomic mass is 10.2. The van der Waals surface area contributed by atoms with E-state index >= 15 is 0 Å². The summed E-state index contributed by atoms with van der Waals surface area (Å²) in [6.45, 7) is 1.59. The van der Waals surface area contributed by atoms with Gasteiger partial charge >= 0.3 is 0 Å². The van der Waals surface area contributed by atoms with Gasteiger partial charge in [-0.2, -0.15) is 5.10 Å². The van der Waals surface area contributed by atoms with Crippen LogP contribution >= 0.6 is 11.6 Å². The number of nitrogen functional groups attached to an aromatic ring is 1. The van der Waals surface area contributed by atoms with Crippen LogP contribution in [0.5, 0.6) is 0 Å². The van der Waals surface area contributed by atoms with Gasteiger partial charge in [0, 0.05) is 5.56 Å². The summed E-state index contributed by atoms with van der Waals surface area (Å²) in [6, 6.07) is 3.68. The van der Waals surface area contributed by atoms with E-state index in [9.17, 15) is 8.78 Å². The number of hydrogen-bond donors (Lipinski definition) is 1. The van der Waals surface area contributed by atoms with Crippen LogP contribution < -0.4 is 5.73 Å². The standard InChI is InChI=1S/C11H10ClF2N3/c1-6-10(12)11(15)17(16-6)5-7-8(13)3-2-4-9(7)14/h2-4H,5,15H2,1H3. The van der Waals surface area contributed by atoms with E-state index in [4.69, 9.17) is 17.3 Å². The van der Waals surface area contributed by atoms with E-state index in [1.54, 1.807) is 6.92 Å². The number of aromatic nitrogens is 2. The maximum atomic E-state index is 13.4. The van der Waals surface area contributed by atoms with Crippen LogP contribution in [-0.2, 0) is 6.54 Å². The smallest absolute Gasteiger partial charge is 0.141 e. The molecule has 3 nitrogen and oxygen atoms in total. The van der Waals surface area contributed by atoms with Crippen LogP contribution in [0.1, 0.15) is 11.3 Å². The Morgan fingerprint density at radius 3 is 2.41 bits per heavy atom. The minimum Gasteiger partial charge on any atom is -0.383 e. The van der Waals surface area contributed by atoms with Crippen LogP contribution in [0, 0.1) is 18.6 Å². The first-order chi connectivity index (χ1) is 8.00. The van der Waals surface area contributed by atoms with Crippen LogP contribution in [0.25, 0.3) is 0 Å². The highest BCUT2D eigenvalue weighted by Gasteiger charge is 2.14. The molecule has 0 fully saturated rings. The first kappa shape index (κ1) is 11.9. The maximum Gasteiger partial charge on any atom is 0.141 e. The number of rotatable bonds is 2. The zero-order chi connectivity index (χ0) is 12.6. The van der Waals surface area contributed by atoms with Crippen molar-refractivity contribution in [2.45, 2.75) is 13.5 Å². The van der Waals surface area contributed by atoms with Gasteiger partial charge < -0.3 is 5.73 Å². The zero-order valence-electron chi connectivity index (χ0n) is 9.04. The topological polar surface area (TPSA) is 43.8 Å². The molecule has 0 spiro atoms. The molecule has 1 aromatic carbocycles. The van der Waals surface area contributed by atoms with Gasteiger partial charge in [0.2, 0.25) is 0 Å². The van der Waals surface area contributed by atoms with Gasteiger partial charge in [-0.1, -0.05) is 17.7 Å². The molecule has 2 N–H and O–H groups in total. The number of nitrogens with two attached hydrogens (primary N) is 1. The van der Waals surface area contributed by atoms with Crippen LogP contribution in [0.15, 0.2) is 18.2 Å². The third kappa shape index (κ3) is 2.10. The summed E-state index contributed by atoms with van der Waals surface area (Å²) >= 11 is 5.85. The third-order valence-corrected chi connectivity index (χ3v) is 2.93. The fraction of sp³-hybridized carbons (Fsp3) is 0.182. The largest absolute Gasteiger partial charge is 0.383 e. The van der Waals surface area contributed by atoms with E-state index in [1.807, 2.05) is 0 Å². The molecule has 2 aromatic rings. The molecule has 0 radical (unpaired) electrons. The molecule has 0 unspecified atom stereocenters. The molecule has 0 amide bonds. The molecular weight excluding hydrogens is 248 g/mol. The monoisotopic (exact) mass is 257 g/mol. The highest BCUT2D eigenvalue weighted by atomic mass is 35.5. The molecule has 17 heavy (non-hydrogen) atoms. The predicted octanol–water partition coefficient (Wildman–Crippen LogP) is 2.75. The number of anilines is 1. The number of benzene rings is 1. The number of halogens is 3. The molecular formula is C11H10ClF2N3. The van der Waals surface area contributed by atoms with E-state index in [0.717, 1.165) is 0 Å². The van der Waals surface area contributed by atoms with E-state index in [-0.39, 0.29) is 17.9 Å². The van der Waals surface area contributed by atoms with E-state index < -0.39 is 11.6 Å². The van der Waals surface area contributed by atoms with Gasteiger partial charge in [0.1, 0.15) is 22.5 Å². The minimum atomic E-state index is -0.631. The summed E-state index contributed by atoms with van der Waals surface area (Å²) in [6.07, 6.45) is 0. The first-order valence-corrected chi connectivity index (χ1v) is 5.29. The molecule has 0 saturated carbocycles. The Hall–Kier alpha value is -1.62. The van der Waals surface area contributed by atoms with Crippen molar-refractivity contribution in [1.82, 2.24) is 9.78 Å².